The molecule has 0 atom stereocenters. The van der Waals surface area contributed by atoms with E-state index < -0.39 is 0 Å². The van der Waals surface area contributed by atoms with Crippen LogP contribution in [-0.4, -0.2) is 37.1 Å². The zero-order valence-corrected chi connectivity index (χ0v) is 9.33. The number of Topliss-reactive ketones (excluding diaryl/α,β-unsaturated/α-hetero) is 2. The van der Waals surface area contributed by atoms with E-state index in [0.717, 1.165) is 0 Å². The fourth-order valence-corrected chi connectivity index (χ4v) is 1.03. The second kappa shape index (κ2) is 8.99. The SMILES string of the molecule is NCCCC(=O)CNC(=O)CCC(=O)CN. The second-order valence-electron chi connectivity index (χ2n) is 3.45. The van der Waals surface area contributed by atoms with E-state index in [1.54, 1.807) is 0 Å². The minimum absolute atomic E-state index is 0.00957. The molecule has 0 saturated heterocycles. The molecule has 0 aliphatic heterocycles. The summed E-state index contributed by atoms with van der Waals surface area (Å²) in [6, 6.07) is 0. The summed E-state index contributed by atoms with van der Waals surface area (Å²) in [7, 11) is 0. The maximum Gasteiger partial charge on any atom is 0.220 e. The first kappa shape index (κ1) is 14.7. The normalized spacial score (nSPS) is 9.88. The Labute approximate surface area is 94.7 Å². The van der Waals surface area contributed by atoms with E-state index in [1.165, 1.54) is 0 Å². The van der Waals surface area contributed by atoms with E-state index in [9.17, 15) is 14.4 Å². The fourth-order valence-electron chi connectivity index (χ4n) is 1.03. The van der Waals surface area contributed by atoms with Gasteiger partial charge in [0, 0.05) is 19.3 Å². The van der Waals surface area contributed by atoms with E-state index >= 15 is 0 Å². The summed E-state index contributed by atoms with van der Waals surface area (Å²) in [4.78, 5) is 33.1. The monoisotopic (exact) mass is 229 g/mol. The number of hydrogen-bond acceptors (Lipinski definition) is 5. The fraction of sp³-hybridized carbons (Fsp3) is 0.700. The molecule has 1 amide bonds. The van der Waals surface area contributed by atoms with Gasteiger partial charge in [0.2, 0.25) is 5.91 Å². The molecule has 0 aliphatic carbocycles. The molecule has 0 heterocycles. The van der Waals surface area contributed by atoms with Crippen LogP contribution in [0, 0.1) is 0 Å². The van der Waals surface area contributed by atoms with Crippen LogP contribution in [-0.2, 0) is 14.4 Å². The molecule has 6 nitrogen and oxygen atoms in total. The van der Waals surface area contributed by atoms with Gasteiger partial charge in [-0.3, -0.25) is 14.4 Å². The van der Waals surface area contributed by atoms with Crippen molar-refractivity contribution >= 4 is 17.5 Å². The molecule has 6 heteroatoms. The van der Waals surface area contributed by atoms with Gasteiger partial charge < -0.3 is 16.8 Å². The molecule has 0 aliphatic rings. The molecule has 0 bridgehead atoms. The van der Waals surface area contributed by atoms with Crippen LogP contribution in [0.25, 0.3) is 0 Å². The highest BCUT2D eigenvalue weighted by molar-refractivity contribution is 5.88. The lowest BCUT2D eigenvalue weighted by atomic mass is 10.2. The number of carbonyl (C=O) groups excluding carboxylic acids is 3. The molecule has 0 aromatic carbocycles. The summed E-state index contributed by atoms with van der Waals surface area (Å²) in [5.41, 5.74) is 10.3. The van der Waals surface area contributed by atoms with Crippen molar-refractivity contribution in [3.8, 4) is 0 Å². The molecule has 92 valence electrons. The van der Waals surface area contributed by atoms with Gasteiger partial charge in [-0.05, 0) is 13.0 Å². The van der Waals surface area contributed by atoms with Gasteiger partial charge >= 0.3 is 0 Å². The summed E-state index contributed by atoms with van der Waals surface area (Å²) >= 11 is 0. The van der Waals surface area contributed by atoms with Crippen LogP contribution in [0.3, 0.4) is 0 Å². The van der Waals surface area contributed by atoms with Gasteiger partial charge in [0.25, 0.3) is 0 Å². The maximum atomic E-state index is 11.2. The summed E-state index contributed by atoms with van der Waals surface area (Å²) in [6.07, 6.45) is 1.21. The van der Waals surface area contributed by atoms with Crippen molar-refractivity contribution in [2.24, 2.45) is 11.5 Å². The van der Waals surface area contributed by atoms with Crippen LogP contribution >= 0.6 is 0 Å². The van der Waals surface area contributed by atoms with Crippen LogP contribution in [0.15, 0.2) is 0 Å². The number of nitrogens with two attached hydrogens (primary N) is 2. The lowest BCUT2D eigenvalue weighted by Crippen LogP contribution is -2.30. The van der Waals surface area contributed by atoms with Crippen LogP contribution < -0.4 is 16.8 Å². The Morgan fingerprint density at radius 3 is 2.19 bits per heavy atom. The first-order valence-corrected chi connectivity index (χ1v) is 5.30. The number of carbonyl (C=O) groups is 3. The van der Waals surface area contributed by atoms with E-state index in [1.807, 2.05) is 0 Å². The minimum Gasteiger partial charge on any atom is -0.349 e. The van der Waals surface area contributed by atoms with Crippen molar-refractivity contribution in [1.29, 1.82) is 0 Å². The average Bonchev–Trinajstić information content (AvgIpc) is 2.30. The maximum absolute atomic E-state index is 11.2. The predicted octanol–water partition coefficient (Wildman–Crippen LogP) is -1.28. The highest BCUT2D eigenvalue weighted by Gasteiger charge is 2.07. The number of hydrogen-bond donors (Lipinski definition) is 3. The number of nitrogens with one attached hydrogen (secondary N) is 1. The van der Waals surface area contributed by atoms with E-state index in [-0.39, 0.29) is 43.4 Å². The van der Waals surface area contributed by atoms with Crippen LogP contribution in [0.1, 0.15) is 25.7 Å². The topological polar surface area (TPSA) is 115 Å². The zero-order chi connectivity index (χ0) is 12.4. The largest absolute Gasteiger partial charge is 0.349 e. The van der Waals surface area contributed by atoms with Crippen LogP contribution in [0.4, 0.5) is 0 Å². The number of amides is 1. The standard InChI is InChI=1S/C10H19N3O3/c11-5-1-2-9(15)7-13-10(16)4-3-8(14)6-12/h1-7,11-12H2,(H,13,16). The minimum atomic E-state index is -0.303. The molecule has 0 aromatic rings. The van der Waals surface area contributed by atoms with Crippen molar-refractivity contribution in [2.45, 2.75) is 25.7 Å². The smallest absolute Gasteiger partial charge is 0.220 e. The Morgan fingerprint density at radius 1 is 0.938 bits per heavy atom. The third-order valence-electron chi connectivity index (χ3n) is 2.00. The van der Waals surface area contributed by atoms with Crippen molar-refractivity contribution in [1.82, 2.24) is 5.32 Å². The lowest BCUT2D eigenvalue weighted by molar-refractivity contribution is -0.126. The molecular formula is C10H19N3O3. The third kappa shape index (κ3) is 8.07. The molecule has 0 radical (unpaired) electrons. The molecule has 0 fully saturated rings. The average molecular weight is 229 g/mol. The Balaban J connectivity index is 3.57. The molecule has 0 rings (SSSR count). The first-order valence-electron chi connectivity index (χ1n) is 5.30. The van der Waals surface area contributed by atoms with Crippen LogP contribution in [0.2, 0.25) is 0 Å². The second-order valence-corrected chi connectivity index (χ2v) is 3.45. The highest BCUT2D eigenvalue weighted by Crippen LogP contribution is 1.91. The molecule has 0 saturated carbocycles. The predicted molar refractivity (Wildman–Crippen MR) is 59.6 cm³/mol. The van der Waals surface area contributed by atoms with Gasteiger partial charge in [-0.2, -0.15) is 0 Å². The Bertz CT molecular complexity index is 254. The quantitative estimate of drug-likeness (QED) is 0.455. The Morgan fingerprint density at radius 2 is 1.62 bits per heavy atom. The van der Waals surface area contributed by atoms with Gasteiger partial charge in [-0.25, -0.2) is 0 Å². The van der Waals surface area contributed by atoms with Crippen LogP contribution in [0.5, 0.6) is 0 Å². The number of rotatable bonds is 9. The van der Waals surface area contributed by atoms with Crippen molar-refractivity contribution in [3.05, 3.63) is 0 Å². The first-order chi connectivity index (χ1) is 7.60. The van der Waals surface area contributed by atoms with E-state index in [0.29, 0.717) is 19.4 Å². The molecule has 0 aromatic heterocycles. The van der Waals surface area contributed by atoms with Gasteiger partial charge in [0.15, 0.2) is 5.78 Å². The summed E-state index contributed by atoms with van der Waals surface area (Å²) < 4.78 is 0. The summed E-state index contributed by atoms with van der Waals surface area (Å²) in [5.74, 6) is -0.517. The molecule has 5 N–H and O–H groups in total. The highest BCUT2D eigenvalue weighted by atomic mass is 16.2. The van der Waals surface area contributed by atoms with E-state index in [4.69, 9.17) is 11.5 Å². The number of ketones is 2. The Hall–Kier alpha value is -1.27. The van der Waals surface area contributed by atoms with Crippen molar-refractivity contribution in [2.75, 3.05) is 19.6 Å². The molecule has 0 spiro atoms. The van der Waals surface area contributed by atoms with Crippen molar-refractivity contribution in [3.63, 3.8) is 0 Å². The van der Waals surface area contributed by atoms with Gasteiger partial charge in [0.05, 0.1) is 13.1 Å². The molecular weight excluding hydrogens is 210 g/mol. The van der Waals surface area contributed by atoms with E-state index in [2.05, 4.69) is 5.32 Å². The zero-order valence-electron chi connectivity index (χ0n) is 9.33. The summed E-state index contributed by atoms with van der Waals surface area (Å²) in [5, 5.41) is 2.45. The Kier molecular flexibility index (Phi) is 8.28. The molecule has 16 heavy (non-hydrogen) atoms. The summed E-state index contributed by atoms with van der Waals surface area (Å²) in [6.45, 7) is 0.420. The van der Waals surface area contributed by atoms with Gasteiger partial charge in [-0.15, -0.1) is 0 Å². The third-order valence-corrected chi connectivity index (χ3v) is 2.00. The lowest BCUT2D eigenvalue weighted by Gasteiger charge is -2.03. The van der Waals surface area contributed by atoms with Gasteiger partial charge in [-0.1, -0.05) is 0 Å². The van der Waals surface area contributed by atoms with Crippen molar-refractivity contribution < 1.29 is 14.4 Å². The van der Waals surface area contributed by atoms with Gasteiger partial charge in [0.1, 0.15) is 5.78 Å². The molecule has 0 unspecified atom stereocenters.